The zero-order valence-corrected chi connectivity index (χ0v) is 11.1. The predicted molar refractivity (Wildman–Crippen MR) is 57.9 cm³/mol. The fourth-order valence-electron chi connectivity index (χ4n) is 2.21. The Bertz CT molecular complexity index is 729. The fourth-order valence-corrected chi connectivity index (χ4v) is 2.21. The normalized spacial score (nSPS) is 15.7. The van der Waals surface area contributed by atoms with Gasteiger partial charge in [0.25, 0.3) is 0 Å². The number of fused-ring (bicyclic) bond motifs is 1. The van der Waals surface area contributed by atoms with Gasteiger partial charge >= 0.3 is 18.0 Å². The van der Waals surface area contributed by atoms with Crippen molar-refractivity contribution in [1.82, 2.24) is 0 Å². The average molecular weight is 363 g/mol. The number of benzene rings is 1. The summed E-state index contributed by atoms with van der Waals surface area (Å²) >= 11 is 0. The van der Waals surface area contributed by atoms with E-state index in [2.05, 4.69) is 0 Å². The molecule has 132 valence electrons. The summed E-state index contributed by atoms with van der Waals surface area (Å²) in [5.41, 5.74) is -9.80. The molecule has 0 fully saturated rings. The molecule has 0 unspecified atom stereocenters. The number of hydrogen-bond acceptors (Lipinski definition) is 2. The van der Waals surface area contributed by atoms with Crippen LogP contribution in [0.25, 0.3) is 5.76 Å². The minimum absolute atomic E-state index is 0.218. The van der Waals surface area contributed by atoms with Crippen LogP contribution in [0.5, 0.6) is 0 Å². The van der Waals surface area contributed by atoms with Gasteiger partial charge in [-0.15, -0.1) is 0 Å². The zero-order valence-electron chi connectivity index (χ0n) is 11.1. The van der Waals surface area contributed by atoms with Gasteiger partial charge in [-0.05, 0) is 22.8 Å². The van der Waals surface area contributed by atoms with Gasteiger partial charge in [-0.1, -0.05) is 5.76 Å². The monoisotopic (exact) mass is 363 g/mol. The van der Waals surface area contributed by atoms with Gasteiger partial charge in [-0.25, -0.2) is 13.2 Å². The molecular formula is C13H4F9O2-. The molecule has 24 heavy (non-hydrogen) atoms. The first-order chi connectivity index (χ1) is 10.7. The molecule has 0 radical (unpaired) electrons. The molecule has 0 atom stereocenters. The van der Waals surface area contributed by atoms with Crippen molar-refractivity contribution in [2.75, 3.05) is 0 Å². The minimum atomic E-state index is -6.70. The van der Waals surface area contributed by atoms with Gasteiger partial charge in [-0.3, -0.25) is 4.79 Å². The number of carbonyl (C=O) groups excluding carboxylic acids is 1. The standard InChI is InChI=1S/C13H5F9O2/c14-4-1-6-5(8(15)2-4)3-7(9(6)23)10(24)11(16,12(17,18)19)13(20,21)22/h1-2,23H,3H2/p-1. The highest BCUT2D eigenvalue weighted by molar-refractivity contribution is 6.09. The second-order valence-electron chi connectivity index (χ2n) is 4.88. The molecule has 0 amide bonds. The number of ketones is 1. The minimum Gasteiger partial charge on any atom is -0.872 e. The molecule has 0 aliphatic heterocycles. The Morgan fingerprint density at radius 2 is 1.46 bits per heavy atom. The molecule has 0 aromatic heterocycles. The van der Waals surface area contributed by atoms with Gasteiger partial charge < -0.3 is 5.11 Å². The van der Waals surface area contributed by atoms with E-state index in [1.165, 1.54) is 0 Å². The summed E-state index contributed by atoms with van der Waals surface area (Å²) in [6.07, 6.45) is -14.7. The first-order valence-corrected chi connectivity index (χ1v) is 5.97. The maximum atomic E-state index is 13.7. The third kappa shape index (κ3) is 2.42. The maximum Gasteiger partial charge on any atom is 0.439 e. The average Bonchev–Trinajstić information content (AvgIpc) is 2.72. The van der Waals surface area contributed by atoms with E-state index in [1.807, 2.05) is 0 Å². The lowest BCUT2D eigenvalue weighted by Crippen LogP contribution is -2.59. The molecule has 0 spiro atoms. The molecule has 1 aromatic carbocycles. The highest BCUT2D eigenvalue weighted by atomic mass is 19.4. The lowest BCUT2D eigenvalue weighted by atomic mass is 9.91. The van der Waals surface area contributed by atoms with E-state index in [0.717, 1.165) is 0 Å². The largest absolute Gasteiger partial charge is 0.872 e. The molecule has 0 saturated heterocycles. The van der Waals surface area contributed by atoms with Crippen molar-refractivity contribution in [2.45, 2.75) is 24.4 Å². The fraction of sp³-hybridized carbons (Fsp3) is 0.308. The second kappa shape index (κ2) is 5.15. The number of alkyl halides is 7. The van der Waals surface area contributed by atoms with Crippen molar-refractivity contribution in [1.29, 1.82) is 0 Å². The summed E-state index contributed by atoms with van der Waals surface area (Å²) < 4.78 is 115. The van der Waals surface area contributed by atoms with Crippen LogP contribution in [-0.4, -0.2) is 23.8 Å². The van der Waals surface area contributed by atoms with Gasteiger partial charge in [0.2, 0.25) is 5.78 Å². The Morgan fingerprint density at radius 1 is 0.958 bits per heavy atom. The third-order valence-corrected chi connectivity index (χ3v) is 3.40. The van der Waals surface area contributed by atoms with Gasteiger partial charge in [0.05, 0.1) is 0 Å². The van der Waals surface area contributed by atoms with E-state index in [4.69, 9.17) is 0 Å². The van der Waals surface area contributed by atoms with E-state index < -0.39 is 64.3 Å². The van der Waals surface area contributed by atoms with E-state index in [-0.39, 0.29) is 6.07 Å². The molecule has 1 aliphatic carbocycles. The number of halogens is 9. The van der Waals surface area contributed by atoms with Crippen LogP contribution < -0.4 is 5.11 Å². The Kier molecular flexibility index (Phi) is 3.89. The van der Waals surface area contributed by atoms with Gasteiger partial charge in [0, 0.05) is 12.5 Å². The summed E-state index contributed by atoms with van der Waals surface area (Å²) in [5.74, 6) is -7.77. The molecule has 0 saturated carbocycles. The van der Waals surface area contributed by atoms with Crippen molar-refractivity contribution < 1.29 is 49.4 Å². The number of carbonyl (C=O) groups is 1. The second-order valence-corrected chi connectivity index (χ2v) is 4.88. The Morgan fingerprint density at radius 3 is 1.92 bits per heavy atom. The summed E-state index contributed by atoms with van der Waals surface area (Å²) in [5, 5.41) is 11.8. The Labute approximate surface area is 127 Å². The van der Waals surface area contributed by atoms with Crippen molar-refractivity contribution in [3.63, 3.8) is 0 Å². The molecular weight excluding hydrogens is 359 g/mol. The van der Waals surface area contributed by atoms with Gasteiger partial charge in [0.15, 0.2) is 0 Å². The van der Waals surface area contributed by atoms with E-state index >= 15 is 0 Å². The van der Waals surface area contributed by atoms with Crippen molar-refractivity contribution in [3.05, 3.63) is 40.5 Å². The Hall–Kier alpha value is -2.20. The van der Waals surface area contributed by atoms with Crippen molar-refractivity contribution in [3.8, 4) is 0 Å². The molecule has 0 heterocycles. The van der Waals surface area contributed by atoms with Crippen LogP contribution in [0.4, 0.5) is 39.5 Å². The van der Waals surface area contributed by atoms with Crippen molar-refractivity contribution >= 4 is 11.5 Å². The lowest BCUT2D eigenvalue weighted by Gasteiger charge is -2.29. The van der Waals surface area contributed by atoms with Crippen LogP contribution in [0, 0.1) is 11.6 Å². The Balaban J connectivity index is 2.61. The highest BCUT2D eigenvalue weighted by Crippen LogP contribution is 2.49. The molecule has 2 nitrogen and oxygen atoms in total. The van der Waals surface area contributed by atoms with Crippen LogP contribution in [-0.2, 0) is 11.2 Å². The van der Waals surface area contributed by atoms with E-state index in [0.29, 0.717) is 6.07 Å². The summed E-state index contributed by atoms with van der Waals surface area (Å²) in [4.78, 5) is 11.5. The number of hydrogen-bond donors (Lipinski definition) is 0. The smallest absolute Gasteiger partial charge is 0.439 e. The third-order valence-electron chi connectivity index (χ3n) is 3.40. The quantitative estimate of drug-likeness (QED) is 0.758. The van der Waals surface area contributed by atoms with Gasteiger partial charge in [0.1, 0.15) is 11.6 Å². The van der Waals surface area contributed by atoms with Crippen LogP contribution in [0.2, 0.25) is 0 Å². The van der Waals surface area contributed by atoms with Crippen LogP contribution in [0.3, 0.4) is 0 Å². The molecule has 1 aromatic rings. The highest BCUT2D eigenvalue weighted by Gasteiger charge is 2.77. The van der Waals surface area contributed by atoms with E-state index in [9.17, 15) is 49.4 Å². The van der Waals surface area contributed by atoms with Crippen molar-refractivity contribution in [2.24, 2.45) is 0 Å². The summed E-state index contributed by atoms with van der Waals surface area (Å²) in [7, 11) is 0. The number of allylic oxidation sites excluding steroid dienone is 1. The SMILES string of the molecule is O=C(C1=C([O-])c2cc(F)cc(F)c2C1)C(F)(C(F)(F)F)C(F)(F)F. The van der Waals surface area contributed by atoms with Gasteiger partial charge in [-0.2, -0.15) is 26.3 Å². The summed E-state index contributed by atoms with van der Waals surface area (Å²) in [6, 6.07) is 0.553. The molecule has 1 aliphatic rings. The van der Waals surface area contributed by atoms with Crippen LogP contribution in [0.15, 0.2) is 17.7 Å². The zero-order chi connectivity index (χ0) is 18.7. The van der Waals surface area contributed by atoms with Crippen LogP contribution >= 0.6 is 0 Å². The predicted octanol–water partition coefficient (Wildman–Crippen LogP) is 2.99. The molecule has 0 N–H and O–H groups in total. The maximum absolute atomic E-state index is 13.7. The molecule has 0 bridgehead atoms. The topological polar surface area (TPSA) is 40.1 Å². The van der Waals surface area contributed by atoms with E-state index in [1.54, 1.807) is 0 Å². The number of Topliss-reactive ketones (excluding diaryl/α,β-unsaturated/α-hetero) is 1. The lowest BCUT2D eigenvalue weighted by molar-refractivity contribution is -0.324. The number of rotatable bonds is 2. The molecule has 11 heteroatoms. The van der Waals surface area contributed by atoms with Crippen LogP contribution in [0.1, 0.15) is 11.1 Å². The summed E-state index contributed by atoms with van der Waals surface area (Å²) in [6.45, 7) is 0. The first-order valence-electron chi connectivity index (χ1n) is 5.97. The first kappa shape index (κ1) is 18.1. The molecule has 2 rings (SSSR count).